The van der Waals surface area contributed by atoms with Gasteiger partial charge in [0.1, 0.15) is 17.4 Å². The molecule has 0 saturated carbocycles. The molecule has 0 aliphatic carbocycles. The summed E-state index contributed by atoms with van der Waals surface area (Å²) in [6, 6.07) is 3.71. The van der Waals surface area contributed by atoms with Crippen molar-refractivity contribution in [2.45, 2.75) is 13.8 Å². The molecule has 0 aliphatic rings. The van der Waals surface area contributed by atoms with E-state index in [1.807, 2.05) is 32.1 Å². The zero-order chi connectivity index (χ0) is 10.7. The van der Waals surface area contributed by atoms with E-state index in [0.29, 0.717) is 5.82 Å². The molecule has 15 heavy (non-hydrogen) atoms. The molecule has 0 aromatic carbocycles. The van der Waals surface area contributed by atoms with Gasteiger partial charge in [-0.15, -0.1) is 0 Å². The van der Waals surface area contributed by atoms with Gasteiger partial charge >= 0.3 is 0 Å². The van der Waals surface area contributed by atoms with Gasteiger partial charge in [-0.3, -0.25) is 0 Å². The Kier molecular flexibility index (Phi) is 2.58. The standard InChI is InChI=1S/C11H11N3O/c1-8-12-9(2)14-11(13-8)6-5-10-4-3-7-15-10/h3-7H,1-2H3/b6-5+. The molecule has 0 N–H and O–H groups in total. The van der Waals surface area contributed by atoms with Crippen LogP contribution in [0.2, 0.25) is 0 Å². The maximum absolute atomic E-state index is 5.16. The Bertz CT molecular complexity index is 454. The normalized spacial score (nSPS) is 11.1. The summed E-state index contributed by atoms with van der Waals surface area (Å²) < 4.78 is 5.16. The molecule has 0 bridgehead atoms. The average molecular weight is 201 g/mol. The lowest BCUT2D eigenvalue weighted by atomic mass is 10.4. The van der Waals surface area contributed by atoms with E-state index < -0.39 is 0 Å². The Balaban J connectivity index is 2.24. The highest BCUT2D eigenvalue weighted by Gasteiger charge is 1.96. The number of hydrogen-bond acceptors (Lipinski definition) is 4. The maximum atomic E-state index is 5.16. The quantitative estimate of drug-likeness (QED) is 0.747. The van der Waals surface area contributed by atoms with E-state index in [-0.39, 0.29) is 0 Å². The van der Waals surface area contributed by atoms with Gasteiger partial charge in [-0.2, -0.15) is 0 Å². The molecule has 0 amide bonds. The van der Waals surface area contributed by atoms with Gasteiger partial charge in [0, 0.05) is 0 Å². The zero-order valence-corrected chi connectivity index (χ0v) is 8.64. The summed E-state index contributed by atoms with van der Waals surface area (Å²) in [5.74, 6) is 2.88. The third kappa shape index (κ3) is 2.49. The summed E-state index contributed by atoms with van der Waals surface area (Å²) in [5, 5.41) is 0. The molecule has 0 unspecified atom stereocenters. The Hall–Kier alpha value is -1.97. The van der Waals surface area contributed by atoms with Crippen molar-refractivity contribution in [1.82, 2.24) is 15.0 Å². The molecule has 4 heteroatoms. The summed E-state index contributed by atoms with van der Waals surface area (Å²) in [6.45, 7) is 3.69. The van der Waals surface area contributed by atoms with E-state index in [0.717, 1.165) is 17.4 Å². The van der Waals surface area contributed by atoms with Crippen LogP contribution < -0.4 is 0 Å². The highest BCUT2D eigenvalue weighted by molar-refractivity contribution is 5.63. The minimum atomic E-state index is 0.649. The first-order chi connectivity index (χ1) is 7.24. The molecule has 76 valence electrons. The van der Waals surface area contributed by atoms with Crippen molar-refractivity contribution in [3.8, 4) is 0 Å². The molecule has 2 heterocycles. The van der Waals surface area contributed by atoms with E-state index in [2.05, 4.69) is 15.0 Å². The molecule has 4 nitrogen and oxygen atoms in total. The third-order valence-corrected chi connectivity index (χ3v) is 1.82. The molecule has 0 fully saturated rings. The summed E-state index contributed by atoms with van der Waals surface area (Å²) >= 11 is 0. The maximum Gasteiger partial charge on any atom is 0.156 e. The van der Waals surface area contributed by atoms with Gasteiger partial charge in [-0.1, -0.05) is 0 Å². The topological polar surface area (TPSA) is 51.8 Å². The van der Waals surface area contributed by atoms with Crippen LogP contribution in [0.3, 0.4) is 0 Å². The fourth-order valence-corrected chi connectivity index (χ4v) is 1.26. The van der Waals surface area contributed by atoms with Gasteiger partial charge in [0.2, 0.25) is 0 Å². The van der Waals surface area contributed by atoms with Crippen molar-refractivity contribution in [3.05, 3.63) is 41.6 Å². The number of nitrogens with zero attached hydrogens (tertiary/aromatic N) is 3. The number of aryl methyl sites for hydroxylation is 2. The van der Waals surface area contributed by atoms with Gasteiger partial charge in [-0.25, -0.2) is 15.0 Å². The second-order valence-electron chi connectivity index (χ2n) is 3.14. The lowest BCUT2D eigenvalue weighted by molar-refractivity contribution is 0.557. The van der Waals surface area contributed by atoms with Crippen molar-refractivity contribution in [1.29, 1.82) is 0 Å². The minimum Gasteiger partial charge on any atom is -0.465 e. The Morgan fingerprint density at radius 2 is 1.80 bits per heavy atom. The predicted molar refractivity (Wildman–Crippen MR) is 56.9 cm³/mol. The molecule has 0 radical (unpaired) electrons. The van der Waals surface area contributed by atoms with Crippen LogP contribution in [0.4, 0.5) is 0 Å². The zero-order valence-electron chi connectivity index (χ0n) is 8.64. The van der Waals surface area contributed by atoms with Gasteiger partial charge in [0.15, 0.2) is 5.82 Å². The summed E-state index contributed by atoms with van der Waals surface area (Å²) in [7, 11) is 0. The van der Waals surface area contributed by atoms with Crippen molar-refractivity contribution >= 4 is 12.2 Å². The van der Waals surface area contributed by atoms with Crippen molar-refractivity contribution in [2.75, 3.05) is 0 Å². The first kappa shape index (κ1) is 9.58. The fourth-order valence-electron chi connectivity index (χ4n) is 1.26. The Morgan fingerprint density at radius 1 is 1.07 bits per heavy atom. The summed E-state index contributed by atoms with van der Waals surface area (Å²) in [6.07, 6.45) is 5.26. The molecule has 0 aliphatic heterocycles. The monoisotopic (exact) mass is 201 g/mol. The lowest BCUT2D eigenvalue weighted by Crippen LogP contribution is -1.97. The molecule has 0 saturated heterocycles. The molecule has 0 atom stereocenters. The lowest BCUT2D eigenvalue weighted by Gasteiger charge is -1.96. The number of hydrogen-bond donors (Lipinski definition) is 0. The molecular formula is C11H11N3O. The van der Waals surface area contributed by atoms with Crippen LogP contribution in [0, 0.1) is 13.8 Å². The molecule has 0 spiro atoms. The van der Waals surface area contributed by atoms with Crippen LogP contribution in [0.15, 0.2) is 22.8 Å². The highest BCUT2D eigenvalue weighted by atomic mass is 16.3. The van der Waals surface area contributed by atoms with Crippen LogP contribution >= 0.6 is 0 Å². The van der Waals surface area contributed by atoms with E-state index >= 15 is 0 Å². The average Bonchev–Trinajstić information content (AvgIpc) is 2.65. The molecule has 2 aromatic heterocycles. The van der Waals surface area contributed by atoms with Crippen molar-refractivity contribution in [3.63, 3.8) is 0 Å². The van der Waals surface area contributed by atoms with Gasteiger partial charge in [-0.05, 0) is 38.1 Å². The molecule has 2 aromatic rings. The van der Waals surface area contributed by atoms with E-state index in [1.54, 1.807) is 12.3 Å². The second-order valence-corrected chi connectivity index (χ2v) is 3.14. The van der Waals surface area contributed by atoms with Crippen molar-refractivity contribution < 1.29 is 4.42 Å². The van der Waals surface area contributed by atoms with Crippen LogP contribution in [0.5, 0.6) is 0 Å². The predicted octanol–water partition coefficient (Wildman–Crippen LogP) is 2.25. The molecular weight excluding hydrogens is 190 g/mol. The van der Waals surface area contributed by atoms with Crippen LogP contribution in [-0.2, 0) is 0 Å². The second kappa shape index (κ2) is 4.04. The fraction of sp³-hybridized carbons (Fsp3) is 0.182. The van der Waals surface area contributed by atoms with Crippen LogP contribution in [-0.4, -0.2) is 15.0 Å². The number of rotatable bonds is 2. The third-order valence-electron chi connectivity index (χ3n) is 1.82. The first-order valence-electron chi connectivity index (χ1n) is 4.65. The first-order valence-corrected chi connectivity index (χ1v) is 4.65. The van der Waals surface area contributed by atoms with E-state index in [4.69, 9.17) is 4.42 Å². The Labute approximate surface area is 87.7 Å². The van der Waals surface area contributed by atoms with Gasteiger partial charge in [0.05, 0.1) is 6.26 Å². The van der Waals surface area contributed by atoms with Gasteiger partial charge in [0.25, 0.3) is 0 Å². The SMILES string of the molecule is Cc1nc(C)nc(/C=C/c2ccco2)n1. The molecule has 2 rings (SSSR count). The summed E-state index contributed by atoms with van der Waals surface area (Å²) in [5.41, 5.74) is 0. The van der Waals surface area contributed by atoms with E-state index in [1.165, 1.54) is 0 Å². The van der Waals surface area contributed by atoms with Crippen LogP contribution in [0.25, 0.3) is 12.2 Å². The number of aromatic nitrogens is 3. The Morgan fingerprint density at radius 3 is 2.40 bits per heavy atom. The van der Waals surface area contributed by atoms with Crippen molar-refractivity contribution in [2.24, 2.45) is 0 Å². The minimum absolute atomic E-state index is 0.649. The number of furan rings is 1. The van der Waals surface area contributed by atoms with E-state index in [9.17, 15) is 0 Å². The summed E-state index contributed by atoms with van der Waals surface area (Å²) in [4.78, 5) is 12.5. The largest absolute Gasteiger partial charge is 0.465 e. The van der Waals surface area contributed by atoms with Gasteiger partial charge < -0.3 is 4.42 Å². The highest BCUT2D eigenvalue weighted by Crippen LogP contribution is 2.05. The smallest absolute Gasteiger partial charge is 0.156 e. The van der Waals surface area contributed by atoms with Crippen LogP contribution in [0.1, 0.15) is 23.2 Å².